The van der Waals surface area contributed by atoms with Crippen molar-refractivity contribution in [3.63, 3.8) is 0 Å². The summed E-state index contributed by atoms with van der Waals surface area (Å²) < 4.78 is 0. The molecule has 7 heteroatoms. The van der Waals surface area contributed by atoms with Crippen LogP contribution in [0.5, 0.6) is 0 Å². The Hall–Kier alpha value is -1.34. The molecule has 1 aliphatic heterocycles. The molecule has 1 fully saturated rings. The highest BCUT2D eigenvalue weighted by molar-refractivity contribution is 8.00. The van der Waals surface area contributed by atoms with Crippen LogP contribution in [0.1, 0.15) is 24.3 Å². The van der Waals surface area contributed by atoms with Crippen LogP contribution in [0, 0.1) is 0 Å². The summed E-state index contributed by atoms with van der Waals surface area (Å²) in [7, 11) is 0. The Labute approximate surface area is 110 Å². The zero-order valence-corrected chi connectivity index (χ0v) is 11.3. The number of nitrogens with two attached hydrogens (primary N) is 1. The molecule has 2 heterocycles. The van der Waals surface area contributed by atoms with Gasteiger partial charge in [-0.1, -0.05) is 13.8 Å². The molecule has 0 bridgehead atoms. The summed E-state index contributed by atoms with van der Waals surface area (Å²) in [5.74, 6) is 5.59. The molecule has 2 unspecified atom stereocenters. The molecule has 0 saturated carbocycles. The summed E-state index contributed by atoms with van der Waals surface area (Å²) in [6.07, 6.45) is 2.91. The van der Waals surface area contributed by atoms with Gasteiger partial charge in [0.15, 0.2) is 5.82 Å². The second-order valence-electron chi connectivity index (χ2n) is 4.40. The van der Waals surface area contributed by atoms with Crippen molar-refractivity contribution < 1.29 is 4.79 Å². The van der Waals surface area contributed by atoms with Crippen molar-refractivity contribution in [1.29, 1.82) is 0 Å². The molecule has 0 aromatic carbocycles. The average Bonchev–Trinajstić information content (AvgIpc) is 2.37. The fourth-order valence-electron chi connectivity index (χ4n) is 2.02. The number of carbonyl (C=O) groups is 1. The second kappa shape index (κ2) is 5.53. The minimum absolute atomic E-state index is 0.0647. The minimum atomic E-state index is -0.0647. The van der Waals surface area contributed by atoms with Gasteiger partial charge in [-0.25, -0.2) is 15.8 Å². The van der Waals surface area contributed by atoms with E-state index >= 15 is 0 Å². The number of aromatic nitrogens is 2. The third kappa shape index (κ3) is 2.91. The van der Waals surface area contributed by atoms with Gasteiger partial charge >= 0.3 is 0 Å². The van der Waals surface area contributed by atoms with E-state index in [1.165, 1.54) is 12.4 Å². The van der Waals surface area contributed by atoms with Gasteiger partial charge in [0.2, 0.25) is 0 Å². The Kier molecular flexibility index (Phi) is 4.03. The van der Waals surface area contributed by atoms with E-state index in [9.17, 15) is 4.79 Å². The number of hydrogen-bond acceptors (Lipinski definition) is 6. The summed E-state index contributed by atoms with van der Waals surface area (Å²) >= 11 is 1.91. The monoisotopic (exact) mass is 267 g/mol. The first kappa shape index (κ1) is 13.1. The van der Waals surface area contributed by atoms with Crippen LogP contribution in [-0.2, 0) is 0 Å². The second-order valence-corrected chi connectivity index (χ2v) is 6.28. The lowest BCUT2D eigenvalue weighted by Gasteiger charge is -2.34. The van der Waals surface area contributed by atoms with Gasteiger partial charge in [-0.15, -0.1) is 0 Å². The van der Waals surface area contributed by atoms with E-state index in [0.29, 0.717) is 22.0 Å². The molecule has 0 radical (unpaired) electrons. The van der Waals surface area contributed by atoms with E-state index in [2.05, 4.69) is 29.2 Å². The number of nitrogen functional groups attached to an aromatic ring is 1. The Morgan fingerprint density at radius 2 is 2.06 bits per heavy atom. The van der Waals surface area contributed by atoms with Crippen molar-refractivity contribution in [2.24, 2.45) is 5.84 Å². The van der Waals surface area contributed by atoms with E-state index in [1.54, 1.807) is 0 Å². The highest BCUT2D eigenvalue weighted by Crippen LogP contribution is 2.25. The molecule has 1 aromatic heterocycles. The van der Waals surface area contributed by atoms with Crippen molar-refractivity contribution in [1.82, 2.24) is 14.9 Å². The maximum atomic E-state index is 12.3. The molecule has 2 atom stereocenters. The Bertz CT molecular complexity index is 414. The number of amides is 1. The van der Waals surface area contributed by atoms with Gasteiger partial charge in [-0.3, -0.25) is 4.79 Å². The van der Waals surface area contributed by atoms with Gasteiger partial charge in [0.05, 0.1) is 12.4 Å². The maximum absolute atomic E-state index is 12.3. The summed E-state index contributed by atoms with van der Waals surface area (Å²) in [5.41, 5.74) is 2.75. The van der Waals surface area contributed by atoms with Crippen LogP contribution < -0.4 is 11.3 Å². The van der Waals surface area contributed by atoms with Crippen LogP contribution in [0.3, 0.4) is 0 Å². The zero-order chi connectivity index (χ0) is 13.1. The molecule has 0 aliphatic carbocycles. The van der Waals surface area contributed by atoms with Crippen LogP contribution in [0.25, 0.3) is 0 Å². The third-order valence-corrected chi connectivity index (χ3v) is 3.95. The molecule has 2 rings (SSSR count). The fraction of sp³-hybridized carbons (Fsp3) is 0.545. The van der Waals surface area contributed by atoms with Crippen LogP contribution in [0.15, 0.2) is 12.4 Å². The van der Waals surface area contributed by atoms with Crippen molar-refractivity contribution in [2.75, 3.05) is 18.5 Å². The maximum Gasteiger partial charge on any atom is 0.274 e. The number of hydrogen-bond donors (Lipinski definition) is 2. The lowest BCUT2D eigenvalue weighted by Crippen LogP contribution is -2.44. The van der Waals surface area contributed by atoms with Crippen LogP contribution in [0.4, 0.5) is 5.82 Å². The SMILES string of the molecule is CC1CN(C(=O)c2cnc(NN)cn2)CC(C)S1. The molecule has 98 valence electrons. The number of nitrogens with one attached hydrogen (secondary N) is 1. The van der Waals surface area contributed by atoms with E-state index in [4.69, 9.17) is 5.84 Å². The molecular weight excluding hydrogens is 250 g/mol. The lowest BCUT2D eigenvalue weighted by molar-refractivity contribution is 0.0747. The normalized spacial score (nSPS) is 23.8. The minimum Gasteiger partial charge on any atom is -0.335 e. The highest BCUT2D eigenvalue weighted by atomic mass is 32.2. The Morgan fingerprint density at radius 3 is 2.56 bits per heavy atom. The van der Waals surface area contributed by atoms with Gasteiger partial charge in [0.25, 0.3) is 5.91 Å². The summed E-state index contributed by atoms with van der Waals surface area (Å²) in [5, 5.41) is 0.909. The van der Waals surface area contributed by atoms with Gasteiger partial charge < -0.3 is 10.3 Å². The van der Waals surface area contributed by atoms with Crippen molar-refractivity contribution in [2.45, 2.75) is 24.3 Å². The van der Waals surface area contributed by atoms with Crippen molar-refractivity contribution in [3.05, 3.63) is 18.1 Å². The third-order valence-electron chi connectivity index (χ3n) is 2.73. The van der Waals surface area contributed by atoms with Crippen LogP contribution >= 0.6 is 11.8 Å². The van der Waals surface area contributed by atoms with Gasteiger partial charge in [0, 0.05) is 23.6 Å². The summed E-state index contributed by atoms with van der Waals surface area (Å²) in [4.78, 5) is 22.2. The van der Waals surface area contributed by atoms with E-state index in [-0.39, 0.29) is 5.91 Å². The Balaban J connectivity index is 2.09. The topological polar surface area (TPSA) is 84.1 Å². The quantitative estimate of drug-likeness (QED) is 0.607. The van der Waals surface area contributed by atoms with Crippen LogP contribution in [-0.4, -0.2) is 44.4 Å². The van der Waals surface area contributed by atoms with Gasteiger partial charge in [-0.05, 0) is 0 Å². The number of nitrogens with zero attached hydrogens (tertiary/aromatic N) is 3. The highest BCUT2D eigenvalue weighted by Gasteiger charge is 2.27. The number of thioether (sulfide) groups is 1. The first-order valence-corrected chi connectivity index (χ1v) is 6.78. The van der Waals surface area contributed by atoms with Gasteiger partial charge in [-0.2, -0.15) is 11.8 Å². The number of anilines is 1. The smallest absolute Gasteiger partial charge is 0.274 e. The summed E-state index contributed by atoms with van der Waals surface area (Å²) in [6, 6.07) is 0. The largest absolute Gasteiger partial charge is 0.335 e. The molecule has 0 spiro atoms. The standard InChI is InChI=1S/C11H17N5OS/c1-7-5-16(6-8(2)18-7)11(17)9-3-14-10(15-12)4-13-9/h3-4,7-8H,5-6,12H2,1-2H3,(H,14,15). The molecular formula is C11H17N5OS. The first-order valence-electron chi connectivity index (χ1n) is 5.83. The Morgan fingerprint density at radius 1 is 1.39 bits per heavy atom. The number of rotatable bonds is 2. The molecule has 18 heavy (non-hydrogen) atoms. The fourth-order valence-corrected chi connectivity index (χ4v) is 3.34. The first-order chi connectivity index (χ1) is 8.60. The van der Waals surface area contributed by atoms with Gasteiger partial charge in [0.1, 0.15) is 5.69 Å². The van der Waals surface area contributed by atoms with Crippen LogP contribution in [0.2, 0.25) is 0 Å². The van der Waals surface area contributed by atoms with E-state index in [0.717, 1.165) is 13.1 Å². The molecule has 1 amide bonds. The molecule has 1 aliphatic rings. The molecule has 1 aromatic rings. The zero-order valence-electron chi connectivity index (χ0n) is 10.5. The predicted molar refractivity (Wildman–Crippen MR) is 72.3 cm³/mol. The van der Waals surface area contributed by atoms with E-state index < -0.39 is 0 Å². The molecule has 6 nitrogen and oxygen atoms in total. The molecule has 1 saturated heterocycles. The van der Waals surface area contributed by atoms with E-state index in [1.807, 2.05) is 16.7 Å². The predicted octanol–water partition coefficient (Wildman–Crippen LogP) is 0.728. The van der Waals surface area contributed by atoms with Crippen molar-refractivity contribution >= 4 is 23.5 Å². The average molecular weight is 267 g/mol. The molecule has 3 N–H and O–H groups in total. The van der Waals surface area contributed by atoms with Crippen molar-refractivity contribution in [3.8, 4) is 0 Å². The number of hydrazine groups is 1. The summed E-state index contributed by atoms with van der Waals surface area (Å²) in [6.45, 7) is 5.78. The lowest BCUT2D eigenvalue weighted by atomic mass is 10.3. The number of carbonyl (C=O) groups excluding carboxylic acids is 1.